The van der Waals surface area contributed by atoms with E-state index in [1.54, 1.807) is 26.1 Å². The summed E-state index contributed by atoms with van der Waals surface area (Å²) in [6, 6.07) is 3.22. The Balaban J connectivity index is 3.21. The molecule has 16 heavy (non-hydrogen) atoms. The molecule has 88 valence electrons. The van der Waals surface area contributed by atoms with Gasteiger partial charge in [-0.05, 0) is 19.1 Å². The van der Waals surface area contributed by atoms with E-state index in [0.717, 1.165) is 5.70 Å². The molecule has 0 amide bonds. The Bertz CT molecular complexity index is 417. The maximum absolute atomic E-state index is 9.37. The molecule has 0 aromatic carbocycles. The monoisotopic (exact) mass is 286 g/mol. The molecule has 1 rings (SSSR count). The van der Waals surface area contributed by atoms with Crippen LogP contribution in [0.15, 0.2) is 17.8 Å². The molecular formula is C10H15BrN4O. The van der Waals surface area contributed by atoms with E-state index in [9.17, 15) is 5.11 Å². The highest BCUT2D eigenvalue weighted by molar-refractivity contribution is 9.09. The van der Waals surface area contributed by atoms with Gasteiger partial charge in [0.05, 0.1) is 22.8 Å². The molecule has 0 radical (unpaired) electrons. The van der Waals surface area contributed by atoms with Gasteiger partial charge >= 0.3 is 0 Å². The van der Waals surface area contributed by atoms with Crippen molar-refractivity contribution in [3.63, 3.8) is 0 Å². The van der Waals surface area contributed by atoms with Crippen LogP contribution < -0.4 is 11.6 Å². The predicted molar refractivity (Wildman–Crippen MR) is 67.5 cm³/mol. The number of aromatic nitrogens is 1. The molecule has 0 saturated heterocycles. The zero-order valence-electron chi connectivity index (χ0n) is 9.24. The van der Waals surface area contributed by atoms with Crippen molar-refractivity contribution >= 4 is 21.6 Å². The van der Waals surface area contributed by atoms with E-state index < -0.39 is 0 Å². The average Bonchev–Trinajstić information content (AvgIpc) is 2.22. The molecule has 0 aliphatic carbocycles. The van der Waals surface area contributed by atoms with Crippen molar-refractivity contribution in [2.75, 3.05) is 12.4 Å². The minimum absolute atomic E-state index is 0.151. The Labute approximate surface area is 103 Å². The fourth-order valence-corrected chi connectivity index (χ4v) is 1.91. The first-order chi connectivity index (χ1) is 7.47. The molecule has 0 aliphatic rings. The lowest BCUT2D eigenvalue weighted by atomic mass is 10.2. The van der Waals surface area contributed by atoms with Gasteiger partial charge in [0.1, 0.15) is 5.75 Å². The maximum Gasteiger partial charge on any atom is 0.136 e. The number of hydrazine groups is 1. The number of pyridine rings is 1. The SMILES string of the molecule is Cc1nc(/C(N)=C(\CBr)N(C)N)ccc1O. The van der Waals surface area contributed by atoms with Gasteiger partial charge in [-0.1, -0.05) is 15.9 Å². The smallest absolute Gasteiger partial charge is 0.136 e. The summed E-state index contributed by atoms with van der Waals surface area (Å²) in [7, 11) is 1.71. The lowest BCUT2D eigenvalue weighted by Gasteiger charge is -2.17. The quantitative estimate of drug-likeness (QED) is 0.437. The van der Waals surface area contributed by atoms with Crippen molar-refractivity contribution in [2.24, 2.45) is 11.6 Å². The van der Waals surface area contributed by atoms with E-state index in [1.165, 1.54) is 5.01 Å². The molecule has 0 fully saturated rings. The van der Waals surface area contributed by atoms with E-state index >= 15 is 0 Å². The van der Waals surface area contributed by atoms with Gasteiger partial charge in [-0.15, -0.1) is 0 Å². The second-order valence-electron chi connectivity index (χ2n) is 3.41. The topological polar surface area (TPSA) is 88.4 Å². The van der Waals surface area contributed by atoms with Gasteiger partial charge < -0.3 is 15.8 Å². The zero-order chi connectivity index (χ0) is 12.3. The van der Waals surface area contributed by atoms with Crippen LogP contribution in [-0.2, 0) is 0 Å². The Morgan fingerprint density at radius 3 is 2.62 bits per heavy atom. The lowest BCUT2D eigenvalue weighted by Crippen LogP contribution is -2.28. The fraction of sp³-hybridized carbons (Fsp3) is 0.300. The molecule has 0 saturated carbocycles. The molecule has 5 N–H and O–H groups in total. The number of rotatable bonds is 3. The maximum atomic E-state index is 9.37. The van der Waals surface area contributed by atoms with E-state index in [2.05, 4.69) is 20.9 Å². The summed E-state index contributed by atoms with van der Waals surface area (Å²) in [6.45, 7) is 1.71. The van der Waals surface area contributed by atoms with Gasteiger partial charge in [0.2, 0.25) is 0 Å². The third kappa shape index (κ3) is 2.65. The van der Waals surface area contributed by atoms with E-state index in [0.29, 0.717) is 22.4 Å². The molecule has 5 nitrogen and oxygen atoms in total. The second kappa shape index (κ2) is 5.18. The molecule has 0 spiro atoms. The molecule has 0 atom stereocenters. The predicted octanol–water partition coefficient (Wildman–Crippen LogP) is 0.923. The molecule has 0 bridgehead atoms. The summed E-state index contributed by atoms with van der Waals surface area (Å²) in [4.78, 5) is 4.19. The highest BCUT2D eigenvalue weighted by atomic mass is 79.9. The van der Waals surface area contributed by atoms with Crippen LogP contribution in [0.3, 0.4) is 0 Å². The molecule has 1 aromatic rings. The van der Waals surface area contributed by atoms with Crippen LogP contribution in [0.1, 0.15) is 11.4 Å². The summed E-state index contributed by atoms with van der Waals surface area (Å²) in [5, 5.41) is 11.3. The van der Waals surface area contributed by atoms with Crippen molar-refractivity contribution in [1.29, 1.82) is 0 Å². The number of nitrogens with two attached hydrogens (primary N) is 2. The molecule has 0 aliphatic heterocycles. The van der Waals surface area contributed by atoms with Crippen LogP contribution in [0, 0.1) is 6.92 Å². The Morgan fingerprint density at radius 2 is 2.19 bits per heavy atom. The molecule has 0 unspecified atom stereocenters. The van der Waals surface area contributed by atoms with E-state index in [-0.39, 0.29) is 5.75 Å². The standard InChI is InChI=1S/C10H15BrN4O/c1-6-9(16)4-3-7(14-6)10(12)8(5-11)15(2)13/h3-4,16H,5,12-13H2,1-2H3/b10-8-. The summed E-state index contributed by atoms with van der Waals surface area (Å²) >= 11 is 3.31. The Hall–Kier alpha value is -1.27. The number of allylic oxidation sites excluding steroid dienone is 1. The largest absolute Gasteiger partial charge is 0.506 e. The number of aromatic hydroxyl groups is 1. The molecule has 1 aromatic heterocycles. The van der Waals surface area contributed by atoms with Crippen LogP contribution in [-0.4, -0.2) is 27.5 Å². The zero-order valence-corrected chi connectivity index (χ0v) is 10.8. The van der Waals surface area contributed by atoms with Crippen LogP contribution in [0.4, 0.5) is 0 Å². The number of hydrogen-bond acceptors (Lipinski definition) is 5. The molecule has 6 heteroatoms. The average molecular weight is 287 g/mol. The fourth-order valence-electron chi connectivity index (χ4n) is 1.21. The van der Waals surface area contributed by atoms with Gasteiger partial charge in [0.25, 0.3) is 0 Å². The summed E-state index contributed by atoms with van der Waals surface area (Å²) in [6.07, 6.45) is 0. The van der Waals surface area contributed by atoms with Crippen molar-refractivity contribution in [3.05, 3.63) is 29.2 Å². The normalized spacial score (nSPS) is 12.2. The van der Waals surface area contributed by atoms with Gasteiger partial charge in [0, 0.05) is 12.4 Å². The third-order valence-corrected chi connectivity index (χ3v) is 2.73. The first-order valence-electron chi connectivity index (χ1n) is 4.67. The van der Waals surface area contributed by atoms with Gasteiger partial charge in [0.15, 0.2) is 0 Å². The summed E-state index contributed by atoms with van der Waals surface area (Å²) in [5.74, 6) is 5.79. The van der Waals surface area contributed by atoms with Crippen LogP contribution in [0.2, 0.25) is 0 Å². The first kappa shape index (κ1) is 12.8. The van der Waals surface area contributed by atoms with E-state index in [4.69, 9.17) is 11.6 Å². The highest BCUT2D eigenvalue weighted by Crippen LogP contribution is 2.19. The third-order valence-electron chi connectivity index (χ3n) is 2.20. The van der Waals surface area contributed by atoms with Crippen molar-refractivity contribution in [3.8, 4) is 5.75 Å². The number of nitrogens with zero attached hydrogens (tertiary/aromatic N) is 2. The number of aryl methyl sites for hydroxylation is 1. The van der Waals surface area contributed by atoms with Crippen molar-refractivity contribution in [2.45, 2.75) is 6.92 Å². The minimum Gasteiger partial charge on any atom is -0.506 e. The molecular weight excluding hydrogens is 272 g/mol. The Morgan fingerprint density at radius 1 is 1.56 bits per heavy atom. The highest BCUT2D eigenvalue weighted by Gasteiger charge is 2.09. The number of alkyl halides is 1. The van der Waals surface area contributed by atoms with Crippen molar-refractivity contribution < 1.29 is 5.11 Å². The minimum atomic E-state index is 0.151. The lowest BCUT2D eigenvalue weighted by molar-refractivity contribution is 0.446. The van der Waals surface area contributed by atoms with Gasteiger partial charge in [-0.2, -0.15) is 0 Å². The van der Waals surface area contributed by atoms with Crippen LogP contribution in [0.25, 0.3) is 5.70 Å². The van der Waals surface area contributed by atoms with E-state index in [1.807, 2.05) is 0 Å². The number of halogens is 1. The van der Waals surface area contributed by atoms with Crippen LogP contribution >= 0.6 is 15.9 Å². The summed E-state index contributed by atoms with van der Waals surface area (Å²) < 4.78 is 0. The Kier molecular flexibility index (Phi) is 4.14. The second-order valence-corrected chi connectivity index (χ2v) is 3.97. The number of hydrogen-bond donors (Lipinski definition) is 3. The van der Waals surface area contributed by atoms with Gasteiger partial charge in [-0.25, -0.2) is 10.8 Å². The van der Waals surface area contributed by atoms with Gasteiger partial charge in [-0.3, -0.25) is 0 Å². The molecule has 1 heterocycles. The van der Waals surface area contributed by atoms with Crippen LogP contribution in [0.5, 0.6) is 5.75 Å². The summed E-state index contributed by atoms with van der Waals surface area (Å²) in [5.41, 5.74) is 8.31. The van der Waals surface area contributed by atoms with Crippen molar-refractivity contribution in [1.82, 2.24) is 9.99 Å². The first-order valence-corrected chi connectivity index (χ1v) is 5.79.